The summed E-state index contributed by atoms with van der Waals surface area (Å²) in [6.07, 6.45) is 6.31. The molecule has 8 nitrogen and oxygen atoms in total. The summed E-state index contributed by atoms with van der Waals surface area (Å²) in [5, 5.41) is 21.9. The molecule has 1 aliphatic heterocycles. The molecule has 154 valence electrons. The van der Waals surface area contributed by atoms with Gasteiger partial charge in [0.1, 0.15) is 5.01 Å². The minimum atomic E-state index is -0.425. The highest BCUT2D eigenvalue weighted by atomic mass is 32.1. The van der Waals surface area contributed by atoms with Gasteiger partial charge in [0.2, 0.25) is 5.13 Å². The van der Waals surface area contributed by atoms with Crippen molar-refractivity contribution in [1.82, 2.24) is 15.1 Å². The fourth-order valence-electron chi connectivity index (χ4n) is 4.15. The van der Waals surface area contributed by atoms with Gasteiger partial charge in [0, 0.05) is 49.3 Å². The number of amides is 1. The number of carbonyl (C=O) groups excluding carboxylic acids is 1. The zero-order valence-electron chi connectivity index (χ0n) is 16.5. The molecule has 0 spiro atoms. The lowest BCUT2D eigenvalue weighted by atomic mass is 9.90. The van der Waals surface area contributed by atoms with E-state index >= 15 is 0 Å². The molecule has 0 atom stereocenters. The number of nitrogens with zero attached hydrogens (tertiary/aromatic N) is 5. The topological polar surface area (TPSA) is 92.5 Å². The largest absolute Gasteiger partial charge is 0.343 e. The maximum absolute atomic E-state index is 12.8. The van der Waals surface area contributed by atoms with Gasteiger partial charge in [0.15, 0.2) is 0 Å². The number of nitro groups is 1. The third kappa shape index (κ3) is 4.24. The predicted octanol–water partition coefficient (Wildman–Crippen LogP) is 3.76. The van der Waals surface area contributed by atoms with Crippen molar-refractivity contribution >= 4 is 28.1 Å². The number of benzene rings is 1. The van der Waals surface area contributed by atoms with Crippen LogP contribution < -0.4 is 4.90 Å². The van der Waals surface area contributed by atoms with Gasteiger partial charge in [-0.3, -0.25) is 14.9 Å². The first-order valence-corrected chi connectivity index (χ1v) is 11.0. The smallest absolute Gasteiger partial charge is 0.272 e. The van der Waals surface area contributed by atoms with Crippen molar-refractivity contribution in [2.24, 2.45) is 0 Å². The molecule has 0 unspecified atom stereocenters. The Labute approximate surface area is 173 Å². The van der Waals surface area contributed by atoms with Crippen molar-refractivity contribution in [2.45, 2.75) is 44.9 Å². The second-order valence-electron chi connectivity index (χ2n) is 7.80. The van der Waals surface area contributed by atoms with E-state index in [1.54, 1.807) is 35.3 Å². The van der Waals surface area contributed by atoms with E-state index in [1.807, 2.05) is 0 Å². The zero-order chi connectivity index (χ0) is 20.4. The van der Waals surface area contributed by atoms with E-state index < -0.39 is 4.92 Å². The van der Waals surface area contributed by atoms with Crippen molar-refractivity contribution in [3.63, 3.8) is 0 Å². The molecule has 9 heteroatoms. The molecule has 1 saturated heterocycles. The maximum atomic E-state index is 12.8. The first-order chi connectivity index (χ1) is 14.0. The van der Waals surface area contributed by atoms with E-state index in [0.717, 1.165) is 23.2 Å². The Bertz CT molecular complexity index is 901. The normalized spacial score (nSPS) is 18.1. The highest BCUT2D eigenvalue weighted by molar-refractivity contribution is 7.15. The summed E-state index contributed by atoms with van der Waals surface area (Å²) >= 11 is 1.69. The third-order valence-corrected chi connectivity index (χ3v) is 7.01. The molecule has 1 aliphatic carbocycles. The number of aromatic nitrogens is 2. The average Bonchev–Trinajstić information content (AvgIpc) is 3.24. The van der Waals surface area contributed by atoms with Crippen molar-refractivity contribution in [3.05, 3.63) is 44.4 Å². The summed E-state index contributed by atoms with van der Waals surface area (Å²) in [6, 6.07) is 4.56. The molecule has 4 rings (SSSR count). The Morgan fingerprint density at radius 1 is 1.14 bits per heavy atom. The van der Waals surface area contributed by atoms with Gasteiger partial charge in [0.05, 0.1) is 4.92 Å². The van der Waals surface area contributed by atoms with Gasteiger partial charge in [-0.2, -0.15) is 0 Å². The Hall–Kier alpha value is -2.55. The van der Waals surface area contributed by atoms with Gasteiger partial charge in [-0.1, -0.05) is 30.6 Å². The van der Waals surface area contributed by atoms with E-state index in [4.69, 9.17) is 0 Å². The SMILES string of the molecule is Cc1cc(C(=O)N2CCN(c3nnc(C4CCCCC4)s3)CC2)ccc1[N+](=O)[O-]. The van der Waals surface area contributed by atoms with Crippen LogP contribution in [0.3, 0.4) is 0 Å². The Morgan fingerprint density at radius 3 is 2.52 bits per heavy atom. The Balaban J connectivity index is 1.37. The van der Waals surface area contributed by atoms with Crippen LogP contribution in [0, 0.1) is 17.0 Å². The lowest BCUT2D eigenvalue weighted by Gasteiger charge is -2.34. The van der Waals surface area contributed by atoms with Crippen molar-refractivity contribution < 1.29 is 9.72 Å². The standard InChI is InChI=1S/C20H25N5O3S/c1-14-13-16(7-8-17(14)25(27)28)19(26)23-9-11-24(12-10-23)20-22-21-18(29-20)15-5-3-2-4-6-15/h7-8,13,15H,2-6,9-12H2,1H3. The monoisotopic (exact) mass is 415 g/mol. The number of hydrogen-bond acceptors (Lipinski definition) is 7. The molecule has 1 aromatic heterocycles. The van der Waals surface area contributed by atoms with Crippen LogP contribution >= 0.6 is 11.3 Å². The van der Waals surface area contributed by atoms with Crippen molar-refractivity contribution in [3.8, 4) is 0 Å². The number of piperazine rings is 1. The average molecular weight is 416 g/mol. The zero-order valence-corrected chi connectivity index (χ0v) is 17.4. The van der Waals surface area contributed by atoms with Gasteiger partial charge in [0.25, 0.3) is 11.6 Å². The molecule has 1 aromatic carbocycles. The maximum Gasteiger partial charge on any atom is 0.272 e. The van der Waals surface area contributed by atoms with Gasteiger partial charge in [-0.15, -0.1) is 10.2 Å². The van der Waals surface area contributed by atoms with Crippen LogP contribution in [-0.2, 0) is 0 Å². The Morgan fingerprint density at radius 2 is 1.86 bits per heavy atom. The van der Waals surface area contributed by atoms with Crippen LogP contribution in [0.25, 0.3) is 0 Å². The lowest BCUT2D eigenvalue weighted by Crippen LogP contribution is -2.48. The molecule has 0 bridgehead atoms. The minimum absolute atomic E-state index is 0.0383. The lowest BCUT2D eigenvalue weighted by molar-refractivity contribution is -0.385. The van der Waals surface area contributed by atoms with E-state index in [1.165, 1.54) is 38.2 Å². The molecule has 1 saturated carbocycles. The first-order valence-electron chi connectivity index (χ1n) is 10.2. The highest BCUT2D eigenvalue weighted by Gasteiger charge is 2.26. The molecule has 29 heavy (non-hydrogen) atoms. The second-order valence-corrected chi connectivity index (χ2v) is 8.78. The number of hydrogen-bond donors (Lipinski definition) is 0. The van der Waals surface area contributed by atoms with Crippen molar-refractivity contribution in [2.75, 3.05) is 31.1 Å². The number of anilines is 1. The van der Waals surface area contributed by atoms with Gasteiger partial charge in [-0.05, 0) is 31.9 Å². The third-order valence-electron chi connectivity index (χ3n) is 5.86. The molecule has 0 radical (unpaired) electrons. The van der Waals surface area contributed by atoms with Crippen LogP contribution in [0.5, 0.6) is 0 Å². The molecule has 2 aliphatic rings. The molecule has 2 fully saturated rings. The summed E-state index contributed by atoms with van der Waals surface area (Å²) < 4.78 is 0. The number of rotatable bonds is 4. The molecule has 2 aromatic rings. The van der Waals surface area contributed by atoms with E-state index in [2.05, 4.69) is 15.1 Å². The number of nitro benzene ring substituents is 1. The van der Waals surface area contributed by atoms with Crippen LogP contribution in [0.1, 0.15) is 59.0 Å². The van der Waals surface area contributed by atoms with E-state index in [9.17, 15) is 14.9 Å². The van der Waals surface area contributed by atoms with E-state index in [-0.39, 0.29) is 11.6 Å². The second kappa shape index (κ2) is 8.44. The summed E-state index contributed by atoms with van der Waals surface area (Å²) in [7, 11) is 0. The van der Waals surface area contributed by atoms with Gasteiger partial charge >= 0.3 is 0 Å². The molecular weight excluding hydrogens is 390 g/mol. The number of aryl methyl sites for hydroxylation is 1. The summed E-state index contributed by atoms with van der Waals surface area (Å²) in [6.45, 7) is 4.31. The fraction of sp³-hybridized carbons (Fsp3) is 0.550. The van der Waals surface area contributed by atoms with Gasteiger partial charge < -0.3 is 9.80 Å². The molecular formula is C20H25N5O3S. The molecule has 2 heterocycles. The van der Waals surface area contributed by atoms with Gasteiger partial charge in [-0.25, -0.2) is 0 Å². The minimum Gasteiger partial charge on any atom is -0.343 e. The van der Waals surface area contributed by atoms with Crippen molar-refractivity contribution in [1.29, 1.82) is 0 Å². The molecule has 1 amide bonds. The van der Waals surface area contributed by atoms with Crippen LogP contribution in [0.15, 0.2) is 18.2 Å². The summed E-state index contributed by atoms with van der Waals surface area (Å²) in [5.41, 5.74) is 1.04. The molecule has 0 N–H and O–H groups in total. The summed E-state index contributed by atoms with van der Waals surface area (Å²) in [5.74, 6) is 0.478. The van der Waals surface area contributed by atoms with Crippen LogP contribution in [0.4, 0.5) is 10.8 Å². The fourth-order valence-corrected chi connectivity index (χ4v) is 5.21. The summed E-state index contributed by atoms with van der Waals surface area (Å²) in [4.78, 5) is 27.4. The van der Waals surface area contributed by atoms with Crippen LogP contribution in [0.2, 0.25) is 0 Å². The number of carbonyl (C=O) groups is 1. The highest BCUT2D eigenvalue weighted by Crippen LogP contribution is 2.36. The quantitative estimate of drug-likeness (QED) is 0.558. The van der Waals surface area contributed by atoms with E-state index in [0.29, 0.717) is 30.1 Å². The predicted molar refractivity (Wildman–Crippen MR) is 112 cm³/mol. The van der Waals surface area contributed by atoms with Crippen LogP contribution in [-0.4, -0.2) is 52.1 Å². The Kier molecular flexibility index (Phi) is 5.75. The first kappa shape index (κ1) is 19.8.